The van der Waals surface area contributed by atoms with Gasteiger partial charge in [0.2, 0.25) is 0 Å². The largest absolute Gasteiger partial charge is 0.497 e. The van der Waals surface area contributed by atoms with Crippen molar-refractivity contribution in [1.29, 1.82) is 0 Å². The third kappa shape index (κ3) is 2.47. The van der Waals surface area contributed by atoms with E-state index in [9.17, 15) is 9.59 Å². The molecule has 1 aromatic rings. The van der Waals surface area contributed by atoms with Gasteiger partial charge in [0.05, 0.1) is 39.0 Å². The highest BCUT2D eigenvalue weighted by Crippen LogP contribution is 2.53. The molecule has 0 N–H and O–H groups in total. The highest BCUT2D eigenvalue weighted by Gasteiger charge is 2.64. The lowest BCUT2D eigenvalue weighted by Gasteiger charge is -2.48. The van der Waals surface area contributed by atoms with Crippen LogP contribution in [0, 0.1) is 0 Å². The van der Waals surface area contributed by atoms with E-state index in [2.05, 4.69) is 0 Å². The van der Waals surface area contributed by atoms with Gasteiger partial charge in [0.25, 0.3) is 0 Å². The molecule has 0 aromatic heterocycles. The number of carbonyl (C=O) groups is 2. The van der Waals surface area contributed by atoms with Crippen LogP contribution in [0.25, 0.3) is 0 Å². The van der Waals surface area contributed by atoms with Crippen LogP contribution in [0.2, 0.25) is 0 Å². The lowest BCUT2D eigenvalue weighted by atomic mass is 9.84. The molecule has 0 amide bonds. The van der Waals surface area contributed by atoms with Gasteiger partial charge in [-0.15, -0.1) is 0 Å². The zero-order valence-electron chi connectivity index (χ0n) is 16.0. The lowest BCUT2D eigenvalue weighted by molar-refractivity contribution is -0.147. The van der Waals surface area contributed by atoms with Crippen LogP contribution in [0.5, 0.6) is 5.75 Å². The van der Waals surface area contributed by atoms with Crippen LogP contribution in [0.15, 0.2) is 52.7 Å². The average Bonchev–Trinajstić information content (AvgIpc) is 2.97. The summed E-state index contributed by atoms with van der Waals surface area (Å²) in [5.74, 6) is -0.314. The molecule has 1 aromatic carbocycles. The maximum absolute atomic E-state index is 13.1. The molecule has 4 rings (SSSR count). The minimum atomic E-state index is -1.29. The molecule has 0 fully saturated rings. The standard InChI is InChI=1S/C20H20N2O5S/c1-11-9-13-10-15(18(23)26-3)20(19(24)27-4)16(11)22(13)21-17(28-20)12-5-7-14(25-2)8-6-12/h5-10,13,16H,1-4H3. The Bertz CT molecular complexity index is 936. The van der Waals surface area contributed by atoms with Crippen LogP contribution >= 0.6 is 11.8 Å². The number of hydrogen-bond donors (Lipinski definition) is 0. The topological polar surface area (TPSA) is 77.4 Å². The van der Waals surface area contributed by atoms with Crippen LogP contribution in [0.4, 0.5) is 0 Å². The van der Waals surface area contributed by atoms with E-state index in [-0.39, 0.29) is 6.04 Å². The van der Waals surface area contributed by atoms with Gasteiger partial charge >= 0.3 is 11.9 Å². The van der Waals surface area contributed by atoms with E-state index in [1.165, 1.54) is 26.0 Å². The Morgan fingerprint density at radius 1 is 1.11 bits per heavy atom. The fourth-order valence-corrected chi connectivity index (χ4v) is 5.53. The molecule has 4 bridgehead atoms. The van der Waals surface area contributed by atoms with Gasteiger partial charge in [-0.3, -0.25) is 9.80 Å². The number of methoxy groups -OCH3 is 3. The Hall–Kier alpha value is -2.74. The SMILES string of the molecule is COC(=O)C1=CC2C=C(C)C3N2N=C(c2ccc(OC)cc2)SC13C(=O)OC. The first-order valence-corrected chi connectivity index (χ1v) is 9.55. The summed E-state index contributed by atoms with van der Waals surface area (Å²) in [6, 6.07) is 6.79. The zero-order chi connectivity index (χ0) is 20.1. The molecule has 3 aliphatic heterocycles. The minimum Gasteiger partial charge on any atom is -0.497 e. The van der Waals surface area contributed by atoms with Crippen molar-refractivity contribution in [2.45, 2.75) is 23.8 Å². The third-order valence-electron chi connectivity index (χ3n) is 5.25. The average molecular weight is 400 g/mol. The maximum Gasteiger partial charge on any atom is 0.335 e. The summed E-state index contributed by atoms with van der Waals surface area (Å²) in [7, 11) is 4.24. The second kappa shape index (κ2) is 6.70. The van der Waals surface area contributed by atoms with Crippen molar-refractivity contribution >= 4 is 28.7 Å². The number of rotatable bonds is 4. The number of nitrogens with zero attached hydrogens (tertiary/aromatic N) is 2. The van der Waals surface area contributed by atoms with E-state index in [1.807, 2.05) is 42.3 Å². The van der Waals surface area contributed by atoms with Crippen molar-refractivity contribution in [2.24, 2.45) is 5.10 Å². The predicted octanol–water partition coefficient (Wildman–Crippen LogP) is 2.13. The summed E-state index contributed by atoms with van der Waals surface area (Å²) in [4.78, 5) is 25.8. The summed E-state index contributed by atoms with van der Waals surface area (Å²) in [6.07, 6.45) is 3.76. The normalized spacial score (nSPS) is 27.4. The number of hydrazone groups is 1. The number of hydrogen-bond acceptors (Lipinski definition) is 8. The highest BCUT2D eigenvalue weighted by atomic mass is 32.2. The molecule has 3 unspecified atom stereocenters. The summed E-state index contributed by atoms with van der Waals surface area (Å²) in [6.45, 7) is 1.94. The first-order chi connectivity index (χ1) is 13.5. The molecule has 0 spiro atoms. The van der Waals surface area contributed by atoms with Gasteiger partial charge in [-0.25, -0.2) is 4.79 Å². The van der Waals surface area contributed by atoms with E-state index in [1.54, 1.807) is 13.2 Å². The van der Waals surface area contributed by atoms with Gasteiger partial charge in [-0.05, 0) is 42.8 Å². The number of benzene rings is 1. The molecule has 0 saturated heterocycles. The van der Waals surface area contributed by atoms with Gasteiger partial charge in [-0.2, -0.15) is 5.10 Å². The van der Waals surface area contributed by atoms with Crippen molar-refractivity contribution in [3.8, 4) is 5.75 Å². The van der Waals surface area contributed by atoms with Crippen LogP contribution in [-0.2, 0) is 19.1 Å². The van der Waals surface area contributed by atoms with Gasteiger partial charge in [0.1, 0.15) is 10.8 Å². The smallest absolute Gasteiger partial charge is 0.335 e. The molecule has 8 heteroatoms. The van der Waals surface area contributed by atoms with Gasteiger partial charge in [0.15, 0.2) is 4.75 Å². The lowest BCUT2D eigenvalue weighted by Crippen LogP contribution is -2.62. The molecular formula is C20H20N2O5S. The van der Waals surface area contributed by atoms with Crippen LogP contribution in [0.3, 0.4) is 0 Å². The molecule has 3 aliphatic rings. The Balaban J connectivity index is 1.88. The summed E-state index contributed by atoms with van der Waals surface area (Å²) in [5.41, 5.74) is 2.09. The van der Waals surface area contributed by atoms with Crippen LogP contribution in [0.1, 0.15) is 12.5 Å². The van der Waals surface area contributed by atoms with Gasteiger partial charge in [0, 0.05) is 5.56 Å². The Morgan fingerprint density at radius 2 is 1.82 bits per heavy atom. The molecular weight excluding hydrogens is 380 g/mol. The highest BCUT2D eigenvalue weighted by molar-refractivity contribution is 8.16. The van der Waals surface area contributed by atoms with E-state index in [4.69, 9.17) is 19.3 Å². The van der Waals surface area contributed by atoms with Crippen molar-refractivity contribution in [1.82, 2.24) is 5.01 Å². The molecule has 3 heterocycles. The number of esters is 2. The number of carbonyl (C=O) groups excluding carboxylic acids is 2. The maximum atomic E-state index is 13.1. The van der Waals surface area contributed by atoms with Crippen molar-refractivity contribution in [3.05, 3.63) is 53.1 Å². The zero-order valence-corrected chi connectivity index (χ0v) is 16.8. The van der Waals surface area contributed by atoms with E-state index < -0.39 is 22.7 Å². The van der Waals surface area contributed by atoms with E-state index in [0.717, 1.165) is 16.9 Å². The second-order valence-electron chi connectivity index (χ2n) is 6.72. The first kappa shape index (κ1) is 18.6. The second-order valence-corrected chi connectivity index (χ2v) is 7.95. The van der Waals surface area contributed by atoms with E-state index >= 15 is 0 Å². The molecule has 0 aliphatic carbocycles. The molecule has 146 valence electrons. The Labute approximate surface area is 167 Å². The van der Waals surface area contributed by atoms with Gasteiger partial charge < -0.3 is 14.2 Å². The Kier molecular flexibility index (Phi) is 4.45. The van der Waals surface area contributed by atoms with Crippen LogP contribution in [-0.4, -0.2) is 60.2 Å². The summed E-state index contributed by atoms with van der Waals surface area (Å²) < 4.78 is 14.1. The van der Waals surface area contributed by atoms with Crippen molar-refractivity contribution in [2.75, 3.05) is 21.3 Å². The summed E-state index contributed by atoms with van der Waals surface area (Å²) >= 11 is 1.23. The van der Waals surface area contributed by atoms with Crippen molar-refractivity contribution < 1.29 is 23.8 Å². The molecule has 3 atom stereocenters. The molecule has 0 radical (unpaired) electrons. The van der Waals surface area contributed by atoms with Gasteiger partial charge in [-0.1, -0.05) is 17.8 Å². The fourth-order valence-electron chi connectivity index (χ4n) is 4.00. The summed E-state index contributed by atoms with van der Waals surface area (Å²) in [5, 5.41) is 7.30. The number of thioether (sulfide) groups is 1. The molecule has 0 saturated carbocycles. The first-order valence-electron chi connectivity index (χ1n) is 8.74. The Morgan fingerprint density at radius 3 is 2.43 bits per heavy atom. The fraction of sp³-hybridized carbons (Fsp3) is 0.350. The van der Waals surface area contributed by atoms with Crippen LogP contribution < -0.4 is 4.74 Å². The monoisotopic (exact) mass is 400 g/mol. The van der Waals surface area contributed by atoms with E-state index in [0.29, 0.717) is 10.6 Å². The molecule has 7 nitrogen and oxygen atoms in total. The molecule has 28 heavy (non-hydrogen) atoms. The third-order valence-corrected chi connectivity index (χ3v) is 6.69. The predicted molar refractivity (Wildman–Crippen MR) is 105 cm³/mol. The minimum absolute atomic E-state index is 0.217. The number of ether oxygens (including phenoxy) is 3. The van der Waals surface area contributed by atoms with Crippen molar-refractivity contribution in [3.63, 3.8) is 0 Å². The quantitative estimate of drug-likeness (QED) is 0.566.